The van der Waals surface area contributed by atoms with Crippen molar-refractivity contribution < 1.29 is 9.50 Å². The summed E-state index contributed by atoms with van der Waals surface area (Å²) < 4.78 is 13.7. The van der Waals surface area contributed by atoms with Gasteiger partial charge in [-0.25, -0.2) is 4.39 Å². The van der Waals surface area contributed by atoms with Gasteiger partial charge in [-0.15, -0.1) is 12.4 Å². The van der Waals surface area contributed by atoms with Gasteiger partial charge in [0.1, 0.15) is 5.82 Å². The van der Waals surface area contributed by atoms with Crippen LogP contribution in [0.2, 0.25) is 0 Å². The first kappa shape index (κ1) is 15.7. The lowest BCUT2D eigenvalue weighted by Gasteiger charge is -2.54. The van der Waals surface area contributed by atoms with Crippen molar-refractivity contribution in [3.63, 3.8) is 0 Å². The van der Waals surface area contributed by atoms with Crippen LogP contribution in [0.15, 0.2) is 18.2 Å². The van der Waals surface area contributed by atoms with Crippen molar-refractivity contribution in [2.24, 2.45) is 5.73 Å². The Bertz CT molecular complexity index is 491. The molecule has 0 saturated heterocycles. The molecule has 1 aromatic carbocycles. The van der Waals surface area contributed by atoms with Crippen molar-refractivity contribution in [1.82, 2.24) is 0 Å². The first-order valence-electron chi connectivity index (χ1n) is 7.33. The second-order valence-corrected chi connectivity index (χ2v) is 6.16. The third kappa shape index (κ3) is 2.16. The molecule has 1 saturated carbocycles. The van der Waals surface area contributed by atoms with Gasteiger partial charge < -0.3 is 10.8 Å². The van der Waals surface area contributed by atoms with Crippen molar-refractivity contribution in [3.05, 3.63) is 35.1 Å². The van der Waals surface area contributed by atoms with Crippen LogP contribution in [-0.4, -0.2) is 17.3 Å². The topological polar surface area (TPSA) is 46.2 Å². The molecule has 4 heteroatoms. The van der Waals surface area contributed by atoms with Gasteiger partial charge in [0.05, 0.1) is 5.60 Å². The third-order valence-corrected chi connectivity index (χ3v) is 5.30. The lowest BCUT2D eigenvalue weighted by molar-refractivity contribution is -0.0863. The number of aliphatic hydroxyl groups is 1. The summed E-state index contributed by atoms with van der Waals surface area (Å²) in [5, 5.41) is 11.1. The summed E-state index contributed by atoms with van der Waals surface area (Å²) in [6.45, 7) is 0.540. The van der Waals surface area contributed by atoms with Gasteiger partial charge in [-0.2, -0.15) is 0 Å². The zero-order chi connectivity index (χ0) is 13.5. The Kier molecular flexibility index (Phi) is 4.43. The second-order valence-electron chi connectivity index (χ2n) is 6.16. The molecule has 2 aliphatic rings. The highest BCUT2D eigenvalue weighted by Gasteiger charge is 2.54. The quantitative estimate of drug-likeness (QED) is 0.881. The molecular formula is C16H23ClFNO. The van der Waals surface area contributed by atoms with Crippen LogP contribution in [0.25, 0.3) is 0 Å². The summed E-state index contributed by atoms with van der Waals surface area (Å²) in [5.74, 6) is -0.204. The molecule has 0 unspecified atom stereocenters. The van der Waals surface area contributed by atoms with E-state index in [1.807, 2.05) is 6.07 Å². The Labute approximate surface area is 126 Å². The second kappa shape index (κ2) is 5.63. The van der Waals surface area contributed by atoms with Gasteiger partial charge in [-0.1, -0.05) is 18.9 Å². The summed E-state index contributed by atoms with van der Waals surface area (Å²) in [6.07, 6.45) is 6.29. The van der Waals surface area contributed by atoms with E-state index in [-0.39, 0.29) is 23.6 Å². The number of hydrogen-bond donors (Lipinski definition) is 2. The zero-order valence-electron chi connectivity index (χ0n) is 11.7. The summed E-state index contributed by atoms with van der Waals surface area (Å²) >= 11 is 0. The van der Waals surface area contributed by atoms with Crippen molar-refractivity contribution in [2.75, 3.05) is 6.54 Å². The highest BCUT2D eigenvalue weighted by Crippen LogP contribution is 2.54. The van der Waals surface area contributed by atoms with Crippen LogP contribution < -0.4 is 5.73 Å². The van der Waals surface area contributed by atoms with Crippen LogP contribution >= 0.6 is 12.4 Å². The molecule has 1 fully saturated rings. The first-order chi connectivity index (χ1) is 9.11. The molecule has 2 aliphatic carbocycles. The van der Waals surface area contributed by atoms with Crippen LogP contribution in [0.4, 0.5) is 4.39 Å². The summed E-state index contributed by atoms with van der Waals surface area (Å²) in [6, 6.07) is 5.06. The predicted molar refractivity (Wildman–Crippen MR) is 80.7 cm³/mol. The molecule has 2 atom stereocenters. The molecule has 0 spiro atoms. The van der Waals surface area contributed by atoms with Crippen molar-refractivity contribution >= 4 is 12.4 Å². The van der Waals surface area contributed by atoms with Crippen LogP contribution in [-0.2, 0) is 11.8 Å². The third-order valence-electron chi connectivity index (χ3n) is 5.30. The van der Waals surface area contributed by atoms with Gasteiger partial charge in [-0.05, 0) is 61.9 Å². The van der Waals surface area contributed by atoms with E-state index in [4.69, 9.17) is 5.73 Å². The van der Waals surface area contributed by atoms with Crippen molar-refractivity contribution in [2.45, 2.75) is 56.0 Å². The average Bonchev–Trinajstić information content (AvgIpc) is 2.40. The van der Waals surface area contributed by atoms with E-state index in [1.165, 1.54) is 11.6 Å². The van der Waals surface area contributed by atoms with Crippen LogP contribution in [0.1, 0.15) is 49.7 Å². The van der Waals surface area contributed by atoms with E-state index < -0.39 is 5.60 Å². The van der Waals surface area contributed by atoms with Gasteiger partial charge in [0, 0.05) is 5.41 Å². The molecule has 3 N–H and O–H groups in total. The minimum atomic E-state index is -0.689. The van der Waals surface area contributed by atoms with Gasteiger partial charge in [0.15, 0.2) is 0 Å². The van der Waals surface area contributed by atoms with E-state index in [2.05, 4.69) is 0 Å². The maximum atomic E-state index is 13.7. The molecule has 0 bridgehead atoms. The molecule has 0 radical (unpaired) electrons. The lowest BCUT2D eigenvalue weighted by Crippen LogP contribution is -2.57. The average molecular weight is 300 g/mol. The Morgan fingerprint density at radius 2 is 1.95 bits per heavy atom. The molecule has 20 heavy (non-hydrogen) atoms. The standard InChI is InChI=1S/C16H22FNO.ClH/c17-13-4-3-12-5-8-16(19)7-2-1-6-15(16,9-10-18)14(12)11-13;/h3-4,11,19H,1-2,5-10,18H2;1H/t15-,16+;/m1./s1. The maximum Gasteiger partial charge on any atom is 0.123 e. The van der Waals surface area contributed by atoms with Crippen molar-refractivity contribution in [1.29, 1.82) is 0 Å². The number of rotatable bonds is 2. The number of hydrogen-bond acceptors (Lipinski definition) is 2. The van der Waals surface area contributed by atoms with Gasteiger partial charge in [-0.3, -0.25) is 0 Å². The number of fused-ring (bicyclic) bond motifs is 3. The maximum absolute atomic E-state index is 13.7. The summed E-state index contributed by atoms with van der Waals surface area (Å²) in [5.41, 5.74) is 7.01. The summed E-state index contributed by atoms with van der Waals surface area (Å²) in [7, 11) is 0. The van der Waals surface area contributed by atoms with Crippen LogP contribution in [0.5, 0.6) is 0 Å². The van der Waals surface area contributed by atoms with Gasteiger partial charge >= 0.3 is 0 Å². The Hall–Kier alpha value is -0.640. The smallest absolute Gasteiger partial charge is 0.123 e. The minimum Gasteiger partial charge on any atom is -0.389 e. The molecule has 0 amide bonds. The fraction of sp³-hybridized carbons (Fsp3) is 0.625. The lowest BCUT2D eigenvalue weighted by atomic mass is 9.53. The van der Waals surface area contributed by atoms with Crippen molar-refractivity contribution in [3.8, 4) is 0 Å². The molecule has 3 rings (SSSR count). The minimum absolute atomic E-state index is 0. The summed E-state index contributed by atoms with van der Waals surface area (Å²) in [4.78, 5) is 0. The monoisotopic (exact) mass is 299 g/mol. The van der Waals surface area contributed by atoms with E-state index in [1.54, 1.807) is 6.07 Å². The molecule has 0 aliphatic heterocycles. The molecule has 0 heterocycles. The van der Waals surface area contributed by atoms with Crippen LogP contribution in [0.3, 0.4) is 0 Å². The Morgan fingerprint density at radius 3 is 2.70 bits per heavy atom. The van der Waals surface area contributed by atoms with E-state index in [9.17, 15) is 9.50 Å². The molecular weight excluding hydrogens is 277 g/mol. The first-order valence-corrected chi connectivity index (χ1v) is 7.33. The molecule has 2 nitrogen and oxygen atoms in total. The highest BCUT2D eigenvalue weighted by molar-refractivity contribution is 5.85. The largest absolute Gasteiger partial charge is 0.389 e. The van der Waals surface area contributed by atoms with Gasteiger partial charge in [0.25, 0.3) is 0 Å². The van der Waals surface area contributed by atoms with Crippen LogP contribution in [0, 0.1) is 5.82 Å². The molecule has 112 valence electrons. The van der Waals surface area contributed by atoms with Gasteiger partial charge in [0.2, 0.25) is 0 Å². The number of nitrogens with two attached hydrogens (primary N) is 1. The molecule has 0 aromatic heterocycles. The van der Waals surface area contributed by atoms with E-state index in [0.717, 1.165) is 50.5 Å². The number of aryl methyl sites for hydroxylation is 1. The van der Waals surface area contributed by atoms with E-state index >= 15 is 0 Å². The zero-order valence-corrected chi connectivity index (χ0v) is 12.5. The normalized spacial score (nSPS) is 31.9. The van der Waals surface area contributed by atoms with E-state index in [0.29, 0.717) is 6.54 Å². The SMILES string of the molecule is Cl.NCC[C@@]12CCCC[C@]1(O)CCc1ccc(F)cc12. The predicted octanol–water partition coefficient (Wildman–Crippen LogP) is 3.09. The highest BCUT2D eigenvalue weighted by atomic mass is 35.5. The Morgan fingerprint density at radius 1 is 1.20 bits per heavy atom. The number of halogens is 2. The fourth-order valence-corrected chi connectivity index (χ4v) is 4.36. The molecule has 1 aromatic rings. The fourth-order valence-electron chi connectivity index (χ4n) is 4.36. The Balaban J connectivity index is 0.00000147. The number of benzene rings is 1.